The van der Waals surface area contributed by atoms with Crippen LogP contribution in [-0.2, 0) is 11.0 Å². The molecule has 1 aromatic heterocycles. The standard InChI is InChI=1S/C12H25N3OSi/c1-7-8-15-9-13-11(14-15)10(12(2,3)4)16-17(5)6/h9-10,17H,7-8H2,1-6H3. The zero-order valence-corrected chi connectivity index (χ0v) is 13.1. The number of hydrogen-bond acceptors (Lipinski definition) is 3. The van der Waals surface area contributed by atoms with Crippen LogP contribution in [0.25, 0.3) is 0 Å². The molecular formula is C12H25N3OSi. The maximum atomic E-state index is 6.09. The van der Waals surface area contributed by atoms with Crippen LogP contribution in [0.3, 0.4) is 0 Å². The molecule has 0 N–H and O–H groups in total. The maximum Gasteiger partial charge on any atom is 0.178 e. The Kier molecular flexibility index (Phi) is 4.88. The number of aryl methyl sites for hydroxylation is 1. The van der Waals surface area contributed by atoms with Gasteiger partial charge in [-0.1, -0.05) is 27.7 Å². The molecule has 5 heteroatoms. The van der Waals surface area contributed by atoms with E-state index in [2.05, 4.69) is 50.9 Å². The summed E-state index contributed by atoms with van der Waals surface area (Å²) >= 11 is 0. The Morgan fingerprint density at radius 3 is 2.53 bits per heavy atom. The van der Waals surface area contributed by atoms with Crippen molar-refractivity contribution < 1.29 is 4.43 Å². The fourth-order valence-corrected chi connectivity index (χ4v) is 2.76. The number of aromatic nitrogens is 3. The number of nitrogens with zero attached hydrogens (tertiary/aromatic N) is 3. The van der Waals surface area contributed by atoms with Gasteiger partial charge < -0.3 is 4.43 Å². The highest BCUT2D eigenvalue weighted by atomic mass is 28.3. The van der Waals surface area contributed by atoms with Gasteiger partial charge in [-0.2, -0.15) is 5.10 Å². The Balaban J connectivity index is 2.88. The van der Waals surface area contributed by atoms with Crippen molar-refractivity contribution in [3.8, 4) is 0 Å². The summed E-state index contributed by atoms with van der Waals surface area (Å²) in [5, 5.41) is 4.52. The first kappa shape index (κ1) is 14.4. The first-order valence-electron chi connectivity index (χ1n) is 6.39. The van der Waals surface area contributed by atoms with Gasteiger partial charge in [-0.05, 0) is 24.9 Å². The zero-order valence-electron chi connectivity index (χ0n) is 11.9. The topological polar surface area (TPSA) is 39.9 Å². The van der Waals surface area contributed by atoms with Crippen molar-refractivity contribution in [1.29, 1.82) is 0 Å². The van der Waals surface area contributed by atoms with Crippen LogP contribution in [0.5, 0.6) is 0 Å². The monoisotopic (exact) mass is 255 g/mol. The SMILES string of the molecule is CCCn1cnc(C(O[SiH](C)C)C(C)(C)C)n1. The van der Waals surface area contributed by atoms with E-state index in [0.29, 0.717) is 0 Å². The van der Waals surface area contributed by atoms with Gasteiger partial charge >= 0.3 is 0 Å². The summed E-state index contributed by atoms with van der Waals surface area (Å²) in [5.74, 6) is 0.826. The second kappa shape index (κ2) is 5.77. The van der Waals surface area contributed by atoms with Crippen LogP contribution in [0.1, 0.15) is 46.0 Å². The average molecular weight is 255 g/mol. The Bertz CT molecular complexity index is 344. The van der Waals surface area contributed by atoms with Crippen LogP contribution in [0.15, 0.2) is 6.33 Å². The third-order valence-electron chi connectivity index (χ3n) is 2.44. The first-order chi connectivity index (χ1) is 7.84. The van der Waals surface area contributed by atoms with E-state index in [-0.39, 0.29) is 11.5 Å². The molecule has 0 bridgehead atoms. The van der Waals surface area contributed by atoms with Crippen LogP contribution in [0, 0.1) is 5.41 Å². The fraction of sp³-hybridized carbons (Fsp3) is 0.833. The van der Waals surface area contributed by atoms with Crippen LogP contribution in [-0.4, -0.2) is 23.8 Å². The van der Waals surface area contributed by atoms with E-state index in [1.165, 1.54) is 0 Å². The van der Waals surface area contributed by atoms with Crippen LogP contribution in [0.2, 0.25) is 13.1 Å². The van der Waals surface area contributed by atoms with E-state index in [4.69, 9.17) is 4.43 Å². The molecule has 1 heterocycles. The average Bonchev–Trinajstić information content (AvgIpc) is 2.61. The fourth-order valence-electron chi connectivity index (χ4n) is 1.69. The Hall–Kier alpha value is -0.683. The molecule has 17 heavy (non-hydrogen) atoms. The van der Waals surface area contributed by atoms with Gasteiger partial charge in [-0.15, -0.1) is 0 Å². The van der Waals surface area contributed by atoms with E-state index in [0.717, 1.165) is 18.8 Å². The zero-order chi connectivity index (χ0) is 13.1. The molecule has 0 amide bonds. The highest BCUT2D eigenvalue weighted by Gasteiger charge is 2.31. The van der Waals surface area contributed by atoms with Gasteiger partial charge in [0.15, 0.2) is 14.9 Å². The lowest BCUT2D eigenvalue weighted by atomic mass is 9.89. The summed E-state index contributed by atoms with van der Waals surface area (Å²) in [7, 11) is -1.09. The molecule has 98 valence electrons. The third-order valence-corrected chi connectivity index (χ3v) is 3.25. The lowest BCUT2D eigenvalue weighted by molar-refractivity contribution is 0.0783. The summed E-state index contributed by atoms with van der Waals surface area (Å²) in [4.78, 5) is 4.40. The molecule has 0 saturated carbocycles. The number of hydrogen-bond donors (Lipinski definition) is 0. The molecule has 0 aliphatic carbocycles. The Labute approximate surface area is 106 Å². The van der Waals surface area contributed by atoms with Gasteiger partial charge in [0, 0.05) is 6.54 Å². The molecule has 0 aliphatic rings. The summed E-state index contributed by atoms with van der Waals surface area (Å²) in [6, 6.07) is 0. The van der Waals surface area contributed by atoms with Crippen molar-refractivity contribution in [2.24, 2.45) is 5.41 Å². The van der Waals surface area contributed by atoms with E-state index in [1.807, 2.05) is 11.0 Å². The van der Waals surface area contributed by atoms with Crippen LogP contribution in [0.4, 0.5) is 0 Å². The lowest BCUT2D eigenvalue weighted by Crippen LogP contribution is -2.27. The van der Waals surface area contributed by atoms with Gasteiger partial charge in [0.25, 0.3) is 0 Å². The highest BCUT2D eigenvalue weighted by molar-refractivity contribution is 6.48. The normalized spacial score (nSPS) is 14.3. The molecule has 1 atom stereocenters. The maximum absolute atomic E-state index is 6.09. The second-order valence-electron chi connectivity index (χ2n) is 5.80. The third kappa shape index (κ3) is 4.24. The van der Waals surface area contributed by atoms with Crippen molar-refractivity contribution in [3.05, 3.63) is 12.2 Å². The molecule has 1 rings (SSSR count). The van der Waals surface area contributed by atoms with Gasteiger partial charge in [0.2, 0.25) is 0 Å². The van der Waals surface area contributed by atoms with Crippen molar-refractivity contribution in [3.63, 3.8) is 0 Å². The lowest BCUT2D eigenvalue weighted by Gasteiger charge is -2.30. The molecule has 0 aliphatic heterocycles. The molecule has 4 nitrogen and oxygen atoms in total. The van der Waals surface area contributed by atoms with E-state index >= 15 is 0 Å². The minimum atomic E-state index is -1.09. The predicted octanol–water partition coefficient (Wildman–Crippen LogP) is 2.78. The quantitative estimate of drug-likeness (QED) is 0.760. The first-order valence-corrected chi connectivity index (χ1v) is 9.17. The second-order valence-corrected chi connectivity index (χ2v) is 8.17. The van der Waals surface area contributed by atoms with Gasteiger partial charge in [-0.3, -0.25) is 4.68 Å². The summed E-state index contributed by atoms with van der Waals surface area (Å²) in [5.41, 5.74) is 0.0374. The van der Waals surface area contributed by atoms with Crippen molar-refractivity contribution in [2.45, 2.75) is 59.9 Å². The molecule has 0 saturated heterocycles. The Morgan fingerprint density at radius 1 is 1.41 bits per heavy atom. The van der Waals surface area contributed by atoms with Gasteiger partial charge in [0.05, 0.1) is 0 Å². The molecule has 0 fully saturated rings. The Morgan fingerprint density at radius 2 is 2.06 bits per heavy atom. The number of rotatable bonds is 5. The molecular weight excluding hydrogens is 230 g/mol. The largest absolute Gasteiger partial charge is 0.410 e. The van der Waals surface area contributed by atoms with Gasteiger partial charge in [-0.25, -0.2) is 4.98 Å². The van der Waals surface area contributed by atoms with Crippen LogP contribution < -0.4 is 0 Å². The summed E-state index contributed by atoms with van der Waals surface area (Å²) in [6.45, 7) is 13.9. The molecule has 0 radical (unpaired) electrons. The molecule has 1 unspecified atom stereocenters. The van der Waals surface area contributed by atoms with E-state index in [9.17, 15) is 0 Å². The predicted molar refractivity (Wildman–Crippen MR) is 72.5 cm³/mol. The summed E-state index contributed by atoms with van der Waals surface area (Å²) in [6.07, 6.45) is 2.89. The summed E-state index contributed by atoms with van der Waals surface area (Å²) < 4.78 is 7.99. The van der Waals surface area contributed by atoms with Crippen LogP contribution >= 0.6 is 0 Å². The van der Waals surface area contributed by atoms with E-state index < -0.39 is 9.04 Å². The molecule has 0 aromatic carbocycles. The van der Waals surface area contributed by atoms with Gasteiger partial charge in [0.1, 0.15) is 12.4 Å². The molecule has 1 aromatic rings. The minimum Gasteiger partial charge on any atom is -0.410 e. The van der Waals surface area contributed by atoms with Crippen molar-refractivity contribution in [2.75, 3.05) is 0 Å². The smallest absolute Gasteiger partial charge is 0.178 e. The molecule has 0 spiro atoms. The van der Waals surface area contributed by atoms with Crippen molar-refractivity contribution in [1.82, 2.24) is 14.8 Å². The minimum absolute atomic E-state index is 0.00673. The highest BCUT2D eigenvalue weighted by Crippen LogP contribution is 2.34. The van der Waals surface area contributed by atoms with Crippen molar-refractivity contribution >= 4 is 9.04 Å². The van der Waals surface area contributed by atoms with E-state index in [1.54, 1.807) is 0 Å².